The Morgan fingerprint density at radius 1 is 0.952 bits per heavy atom. The van der Waals surface area contributed by atoms with Crippen molar-refractivity contribution in [3.63, 3.8) is 0 Å². The van der Waals surface area contributed by atoms with E-state index in [0.717, 1.165) is 29.6 Å². The van der Waals surface area contributed by atoms with Gasteiger partial charge in [-0.2, -0.15) is 0 Å². The summed E-state index contributed by atoms with van der Waals surface area (Å²) in [4.78, 5) is 2.33. The monoisotopic (exact) mass is 320 g/mol. The van der Waals surface area contributed by atoms with Crippen LogP contribution in [0, 0.1) is 0 Å². The fraction of sp³-hybridized carbons (Fsp3) is 0.294. The van der Waals surface area contributed by atoms with Crippen LogP contribution in [-0.4, -0.2) is 19.1 Å². The van der Waals surface area contributed by atoms with Crippen molar-refractivity contribution in [2.75, 3.05) is 18.0 Å². The van der Waals surface area contributed by atoms with Crippen molar-refractivity contribution < 1.29 is 0 Å². The maximum absolute atomic E-state index is 6.26. The molecule has 2 aromatic carbocycles. The van der Waals surface area contributed by atoms with E-state index in [2.05, 4.69) is 23.1 Å². The molecule has 21 heavy (non-hydrogen) atoms. The van der Waals surface area contributed by atoms with Gasteiger partial charge < -0.3 is 10.6 Å². The number of hydrogen-bond acceptors (Lipinski definition) is 2. The van der Waals surface area contributed by atoms with Gasteiger partial charge in [0.25, 0.3) is 0 Å². The number of benzene rings is 2. The van der Waals surface area contributed by atoms with Crippen LogP contribution in [0.15, 0.2) is 48.5 Å². The highest BCUT2D eigenvalue weighted by Crippen LogP contribution is 2.31. The molecule has 2 nitrogen and oxygen atoms in total. The number of halogens is 2. The maximum Gasteiger partial charge on any atom is 0.0408 e. The van der Waals surface area contributed by atoms with E-state index in [4.69, 9.17) is 28.9 Å². The van der Waals surface area contributed by atoms with E-state index in [0.29, 0.717) is 5.92 Å². The Labute approximate surface area is 135 Å². The molecular formula is C17H18Cl2N2. The molecule has 0 amide bonds. The molecule has 110 valence electrons. The number of anilines is 1. The van der Waals surface area contributed by atoms with Crippen LogP contribution in [0.1, 0.15) is 17.9 Å². The van der Waals surface area contributed by atoms with E-state index < -0.39 is 0 Å². The lowest BCUT2D eigenvalue weighted by Gasteiger charge is -2.38. The SMILES string of the molecule is NC1CC(c2cccc(Cl)c2)CN(c2ccc(Cl)cc2)C1. The maximum atomic E-state index is 6.26. The average Bonchev–Trinajstić information content (AvgIpc) is 2.47. The van der Waals surface area contributed by atoms with Gasteiger partial charge in [-0.3, -0.25) is 0 Å². The molecule has 0 bridgehead atoms. The van der Waals surface area contributed by atoms with Crippen LogP contribution in [0.2, 0.25) is 10.0 Å². The summed E-state index contributed by atoms with van der Waals surface area (Å²) in [5.74, 6) is 0.406. The highest BCUT2D eigenvalue weighted by atomic mass is 35.5. The zero-order chi connectivity index (χ0) is 14.8. The molecule has 0 aromatic heterocycles. The van der Waals surface area contributed by atoms with E-state index in [1.54, 1.807) is 0 Å². The summed E-state index contributed by atoms with van der Waals surface area (Å²) in [6.07, 6.45) is 0.991. The Balaban J connectivity index is 1.83. The lowest BCUT2D eigenvalue weighted by atomic mass is 9.88. The van der Waals surface area contributed by atoms with Crippen molar-refractivity contribution in [3.8, 4) is 0 Å². The van der Waals surface area contributed by atoms with Gasteiger partial charge in [0.05, 0.1) is 0 Å². The van der Waals surface area contributed by atoms with Gasteiger partial charge in [-0.15, -0.1) is 0 Å². The minimum Gasteiger partial charge on any atom is -0.369 e. The topological polar surface area (TPSA) is 29.3 Å². The number of hydrogen-bond donors (Lipinski definition) is 1. The second-order valence-electron chi connectivity index (χ2n) is 5.63. The van der Waals surface area contributed by atoms with Crippen LogP contribution in [-0.2, 0) is 0 Å². The summed E-state index contributed by atoms with van der Waals surface area (Å²) in [5.41, 5.74) is 8.69. The number of piperidine rings is 1. The molecule has 2 aromatic rings. The minimum atomic E-state index is 0.165. The lowest BCUT2D eigenvalue weighted by molar-refractivity contribution is 0.454. The molecule has 0 spiro atoms. The van der Waals surface area contributed by atoms with Crippen molar-refractivity contribution in [2.45, 2.75) is 18.4 Å². The van der Waals surface area contributed by atoms with Crippen LogP contribution in [0.5, 0.6) is 0 Å². The second kappa shape index (κ2) is 6.27. The van der Waals surface area contributed by atoms with Gasteiger partial charge >= 0.3 is 0 Å². The van der Waals surface area contributed by atoms with Gasteiger partial charge in [0.1, 0.15) is 0 Å². The van der Waals surface area contributed by atoms with E-state index in [-0.39, 0.29) is 6.04 Å². The minimum absolute atomic E-state index is 0.165. The largest absolute Gasteiger partial charge is 0.369 e. The molecule has 1 fully saturated rings. The van der Waals surface area contributed by atoms with E-state index in [1.165, 1.54) is 11.3 Å². The number of nitrogens with zero attached hydrogens (tertiary/aromatic N) is 1. The molecule has 1 saturated heterocycles. The smallest absolute Gasteiger partial charge is 0.0408 e. The van der Waals surface area contributed by atoms with Gasteiger partial charge in [0.2, 0.25) is 0 Å². The summed E-state index contributed by atoms with van der Waals surface area (Å²) < 4.78 is 0. The van der Waals surface area contributed by atoms with Gasteiger partial charge in [0.15, 0.2) is 0 Å². The molecule has 2 unspecified atom stereocenters. The van der Waals surface area contributed by atoms with Crippen molar-refractivity contribution >= 4 is 28.9 Å². The molecule has 4 heteroatoms. The average molecular weight is 321 g/mol. The third-order valence-corrected chi connectivity index (χ3v) is 4.48. The van der Waals surface area contributed by atoms with E-state index in [1.807, 2.05) is 30.3 Å². The van der Waals surface area contributed by atoms with Gasteiger partial charge in [-0.1, -0.05) is 35.3 Å². The molecule has 1 aliphatic heterocycles. The van der Waals surface area contributed by atoms with Crippen LogP contribution in [0.25, 0.3) is 0 Å². The summed E-state index contributed by atoms with van der Waals surface area (Å²) in [7, 11) is 0. The fourth-order valence-electron chi connectivity index (χ4n) is 3.00. The summed E-state index contributed by atoms with van der Waals surface area (Å²) in [5, 5.41) is 1.54. The van der Waals surface area contributed by atoms with Crippen molar-refractivity contribution in [2.24, 2.45) is 5.73 Å². The lowest BCUT2D eigenvalue weighted by Crippen LogP contribution is -2.46. The summed E-state index contributed by atoms with van der Waals surface area (Å²) in [6.45, 7) is 1.83. The van der Waals surface area contributed by atoms with Crippen molar-refractivity contribution in [1.82, 2.24) is 0 Å². The summed E-state index contributed by atoms with van der Waals surface area (Å²) >= 11 is 12.1. The van der Waals surface area contributed by atoms with Crippen LogP contribution >= 0.6 is 23.2 Å². The Morgan fingerprint density at radius 3 is 2.43 bits per heavy atom. The highest BCUT2D eigenvalue weighted by molar-refractivity contribution is 6.30. The Hall–Kier alpha value is -1.22. The van der Waals surface area contributed by atoms with Gasteiger partial charge in [-0.05, 0) is 48.4 Å². The molecule has 0 aliphatic carbocycles. The van der Waals surface area contributed by atoms with E-state index in [9.17, 15) is 0 Å². The summed E-state index contributed by atoms with van der Waals surface area (Å²) in [6, 6.07) is 16.2. The zero-order valence-corrected chi connectivity index (χ0v) is 13.2. The third-order valence-electron chi connectivity index (χ3n) is 3.99. The fourth-order valence-corrected chi connectivity index (χ4v) is 3.33. The molecule has 0 radical (unpaired) electrons. The third kappa shape index (κ3) is 3.52. The Morgan fingerprint density at radius 2 is 1.71 bits per heavy atom. The molecule has 1 aliphatic rings. The van der Waals surface area contributed by atoms with Gasteiger partial charge in [-0.25, -0.2) is 0 Å². The van der Waals surface area contributed by atoms with Gasteiger partial charge in [0, 0.05) is 40.8 Å². The van der Waals surface area contributed by atoms with E-state index >= 15 is 0 Å². The number of nitrogens with two attached hydrogens (primary N) is 1. The normalized spacial score (nSPS) is 22.3. The zero-order valence-electron chi connectivity index (χ0n) is 11.7. The molecule has 0 saturated carbocycles. The first-order valence-electron chi connectivity index (χ1n) is 7.13. The second-order valence-corrected chi connectivity index (χ2v) is 6.50. The molecule has 2 atom stereocenters. The Kier molecular flexibility index (Phi) is 4.39. The first-order valence-corrected chi connectivity index (χ1v) is 7.89. The Bertz CT molecular complexity index is 612. The highest BCUT2D eigenvalue weighted by Gasteiger charge is 2.26. The molecule has 1 heterocycles. The number of rotatable bonds is 2. The van der Waals surface area contributed by atoms with Crippen molar-refractivity contribution in [3.05, 3.63) is 64.1 Å². The molecule has 3 rings (SSSR count). The van der Waals surface area contributed by atoms with Crippen LogP contribution in [0.3, 0.4) is 0 Å². The molecular weight excluding hydrogens is 303 g/mol. The first-order chi connectivity index (χ1) is 10.1. The molecule has 2 N–H and O–H groups in total. The quantitative estimate of drug-likeness (QED) is 0.893. The van der Waals surface area contributed by atoms with Crippen LogP contribution in [0.4, 0.5) is 5.69 Å². The first kappa shape index (κ1) is 14.7. The predicted molar refractivity (Wildman–Crippen MR) is 90.5 cm³/mol. The standard InChI is InChI=1S/C17H18Cl2N2/c18-14-4-6-17(7-5-14)21-10-13(9-16(20)11-21)12-2-1-3-15(19)8-12/h1-8,13,16H,9-11,20H2. The van der Waals surface area contributed by atoms with Crippen molar-refractivity contribution in [1.29, 1.82) is 0 Å². The van der Waals surface area contributed by atoms with Crippen LogP contribution < -0.4 is 10.6 Å². The predicted octanol–water partition coefficient (Wildman–Crippen LogP) is 4.31.